The number of methoxy groups -OCH3 is 1. The molecule has 0 saturated heterocycles. The molecular weight excluding hydrogens is 238 g/mol. The Labute approximate surface area is 113 Å². The van der Waals surface area contributed by atoms with Crippen LogP contribution in [0.15, 0.2) is 48.5 Å². The van der Waals surface area contributed by atoms with Gasteiger partial charge in [-0.2, -0.15) is 0 Å². The van der Waals surface area contributed by atoms with E-state index in [4.69, 9.17) is 10.5 Å². The molecule has 0 saturated carbocycles. The third-order valence-corrected chi connectivity index (χ3v) is 3.04. The number of hydrogen-bond donors (Lipinski definition) is 1. The molecule has 0 unspecified atom stereocenters. The number of anilines is 1. The second-order valence-corrected chi connectivity index (χ2v) is 4.37. The largest absolute Gasteiger partial charge is 0.495 e. The monoisotopic (exact) mass is 255 g/mol. The van der Waals surface area contributed by atoms with Crippen molar-refractivity contribution in [2.45, 2.75) is 12.8 Å². The molecule has 19 heavy (non-hydrogen) atoms. The van der Waals surface area contributed by atoms with Gasteiger partial charge in [-0.1, -0.05) is 30.3 Å². The van der Waals surface area contributed by atoms with Gasteiger partial charge in [0.25, 0.3) is 0 Å². The Kier molecular flexibility index (Phi) is 4.18. The summed E-state index contributed by atoms with van der Waals surface area (Å²) in [6.45, 7) is 0. The van der Waals surface area contributed by atoms with E-state index < -0.39 is 0 Å². The second kappa shape index (κ2) is 6.05. The molecule has 3 nitrogen and oxygen atoms in total. The minimum atomic E-state index is 0.0956. The van der Waals surface area contributed by atoms with E-state index in [1.807, 2.05) is 30.3 Å². The van der Waals surface area contributed by atoms with Crippen molar-refractivity contribution in [3.8, 4) is 5.75 Å². The first-order valence-electron chi connectivity index (χ1n) is 6.21. The predicted molar refractivity (Wildman–Crippen MR) is 76.5 cm³/mol. The van der Waals surface area contributed by atoms with E-state index in [0.29, 0.717) is 23.4 Å². The van der Waals surface area contributed by atoms with Crippen molar-refractivity contribution in [3.05, 3.63) is 59.7 Å². The van der Waals surface area contributed by atoms with E-state index in [1.165, 1.54) is 0 Å². The van der Waals surface area contributed by atoms with Gasteiger partial charge in [-0.25, -0.2) is 0 Å². The van der Waals surface area contributed by atoms with Crippen LogP contribution in [0.25, 0.3) is 0 Å². The Morgan fingerprint density at radius 2 is 1.89 bits per heavy atom. The maximum absolute atomic E-state index is 12.1. The number of ether oxygens (including phenoxy) is 1. The lowest BCUT2D eigenvalue weighted by Crippen LogP contribution is -2.03. The molecule has 0 aliphatic carbocycles. The molecule has 0 heterocycles. The third kappa shape index (κ3) is 3.35. The van der Waals surface area contributed by atoms with Crippen LogP contribution in [0.2, 0.25) is 0 Å². The quantitative estimate of drug-likeness (QED) is 0.659. The highest BCUT2D eigenvalue weighted by Crippen LogP contribution is 2.22. The minimum absolute atomic E-state index is 0.0956. The van der Waals surface area contributed by atoms with E-state index in [0.717, 1.165) is 12.0 Å². The van der Waals surface area contributed by atoms with Crippen LogP contribution < -0.4 is 10.5 Å². The number of benzene rings is 2. The fourth-order valence-corrected chi connectivity index (χ4v) is 1.95. The van der Waals surface area contributed by atoms with Crippen molar-refractivity contribution in [3.63, 3.8) is 0 Å². The van der Waals surface area contributed by atoms with E-state index in [9.17, 15) is 4.79 Å². The predicted octanol–water partition coefficient (Wildman–Crippen LogP) is 3.09. The molecule has 98 valence electrons. The molecule has 2 aromatic rings. The lowest BCUT2D eigenvalue weighted by atomic mass is 10.0. The SMILES string of the molecule is COc1ccc(C(=O)CCc2ccccc2)cc1N. The summed E-state index contributed by atoms with van der Waals surface area (Å²) in [6, 6.07) is 15.1. The Morgan fingerprint density at radius 3 is 2.53 bits per heavy atom. The van der Waals surface area contributed by atoms with Crippen LogP contribution in [0, 0.1) is 0 Å². The highest BCUT2D eigenvalue weighted by atomic mass is 16.5. The lowest BCUT2D eigenvalue weighted by Gasteiger charge is -2.06. The number of aryl methyl sites for hydroxylation is 1. The molecule has 2 N–H and O–H groups in total. The lowest BCUT2D eigenvalue weighted by molar-refractivity contribution is 0.0983. The van der Waals surface area contributed by atoms with Crippen molar-refractivity contribution in [1.82, 2.24) is 0 Å². The zero-order valence-electron chi connectivity index (χ0n) is 10.9. The summed E-state index contributed by atoms with van der Waals surface area (Å²) in [6.07, 6.45) is 1.22. The van der Waals surface area contributed by atoms with Gasteiger partial charge in [0.1, 0.15) is 5.75 Å². The van der Waals surface area contributed by atoms with E-state index in [2.05, 4.69) is 0 Å². The van der Waals surface area contributed by atoms with Gasteiger partial charge in [0, 0.05) is 12.0 Å². The highest BCUT2D eigenvalue weighted by Gasteiger charge is 2.08. The molecule has 2 rings (SSSR count). The molecule has 0 radical (unpaired) electrons. The fraction of sp³-hybridized carbons (Fsp3) is 0.188. The normalized spacial score (nSPS) is 10.2. The molecule has 0 atom stereocenters. The molecule has 0 aliphatic rings. The van der Waals surface area contributed by atoms with E-state index in [-0.39, 0.29) is 5.78 Å². The van der Waals surface area contributed by atoms with Gasteiger partial charge in [0.05, 0.1) is 12.8 Å². The molecule has 0 aliphatic heterocycles. The third-order valence-electron chi connectivity index (χ3n) is 3.04. The number of nitrogen functional groups attached to an aromatic ring is 1. The molecule has 0 spiro atoms. The number of nitrogens with two attached hydrogens (primary N) is 1. The summed E-state index contributed by atoms with van der Waals surface area (Å²) in [7, 11) is 1.56. The number of carbonyl (C=O) groups excluding carboxylic acids is 1. The van der Waals surface area contributed by atoms with Crippen molar-refractivity contribution in [1.29, 1.82) is 0 Å². The Bertz CT molecular complexity index is 564. The first kappa shape index (κ1) is 13.1. The molecule has 3 heteroatoms. The van der Waals surface area contributed by atoms with Crippen molar-refractivity contribution < 1.29 is 9.53 Å². The molecule has 0 aromatic heterocycles. The van der Waals surface area contributed by atoms with Gasteiger partial charge in [0.2, 0.25) is 0 Å². The highest BCUT2D eigenvalue weighted by molar-refractivity contribution is 5.97. The zero-order valence-corrected chi connectivity index (χ0v) is 10.9. The van der Waals surface area contributed by atoms with Crippen LogP contribution in [-0.4, -0.2) is 12.9 Å². The maximum Gasteiger partial charge on any atom is 0.163 e. The van der Waals surface area contributed by atoms with Crippen molar-refractivity contribution in [2.75, 3.05) is 12.8 Å². The van der Waals surface area contributed by atoms with Crippen LogP contribution in [0.1, 0.15) is 22.3 Å². The summed E-state index contributed by atoms with van der Waals surface area (Å²) in [5, 5.41) is 0. The molecule has 2 aromatic carbocycles. The van der Waals surface area contributed by atoms with Crippen LogP contribution in [-0.2, 0) is 6.42 Å². The van der Waals surface area contributed by atoms with Gasteiger partial charge in [0.15, 0.2) is 5.78 Å². The van der Waals surface area contributed by atoms with Gasteiger partial charge in [-0.3, -0.25) is 4.79 Å². The summed E-state index contributed by atoms with van der Waals surface area (Å²) in [5.41, 5.74) is 8.09. The molecule has 0 amide bonds. The van der Waals surface area contributed by atoms with Gasteiger partial charge in [-0.05, 0) is 30.2 Å². The summed E-state index contributed by atoms with van der Waals surface area (Å²) in [5.74, 6) is 0.692. The molecular formula is C16H17NO2. The standard InChI is InChI=1S/C16H17NO2/c1-19-16-10-8-13(11-14(16)17)15(18)9-7-12-5-3-2-4-6-12/h2-6,8,10-11H,7,9,17H2,1H3. The Morgan fingerprint density at radius 1 is 1.16 bits per heavy atom. The summed E-state index contributed by atoms with van der Waals surface area (Å²) in [4.78, 5) is 12.1. The van der Waals surface area contributed by atoms with Crippen LogP contribution in [0.4, 0.5) is 5.69 Å². The zero-order chi connectivity index (χ0) is 13.7. The fourth-order valence-electron chi connectivity index (χ4n) is 1.95. The van der Waals surface area contributed by atoms with Gasteiger partial charge >= 0.3 is 0 Å². The second-order valence-electron chi connectivity index (χ2n) is 4.37. The summed E-state index contributed by atoms with van der Waals surface area (Å²) < 4.78 is 5.07. The topological polar surface area (TPSA) is 52.3 Å². The van der Waals surface area contributed by atoms with E-state index >= 15 is 0 Å². The average Bonchev–Trinajstić information content (AvgIpc) is 2.45. The number of Topliss-reactive ketones (excluding diaryl/α,β-unsaturated/α-hetero) is 1. The van der Waals surface area contributed by atoms with Gasteiger partial charge < -0.3 is 10.5 Å². The molecule has 0 fully saturated rings. The van der Waals surface area contributed by atoms with Crippen LogP contribution in [0.5, 0.6) is 5.75 Å². The molecule has 0 bridgehead atoms. The van der Waals surface area contributed by atoms with Gasteiger partial charge in [-0.15, -0.1) is 0 Å². The maximum atomic E-state index is 12.1. The van der Waals surface area contributed by atoms with Crippen LogP contribution in [0.3, 0.4) is 0 Å². The Balaban J connectivity index is 2.02. The van der Waals surface area contributed by atoms with Crippen LogP contribution >= 0.6 is 0 Å². The van der Waals surface area contributed by atoms with E-state index in [1.54, 1.807) is 25.3 Å². The minimum Gasteiger partial charge on any atom is -0.495 e. The smallest absolute Gasteiger partial charge is 0.163 e. The number of ketones is 1. The first-order chi connectivity index (χ1) is 9.20. The van der Waals surface area contributed by atoms with Crippen molar-refractivity contribution in [2.24, 2.45) is 0 Å². The number of carbonyl (C=O) groups is 1. The first-order valence-corrected chi connectivity index (χ1v) is 6.21. The number of rotatable bonds is 5. The average molecular weight is 255 g/mol. The van der Waals surface area contributed by atoms with Crippen molar-refractivity contribution >= 4 is 11.5 Å². The Hall–Kier alpha value is -2.29. The summed E-state index contributed by atoms with van der Waals surface area (Å²) >= 11 is 0. The number of hydrogen-bond acceptors (Lipinski definition) is 3.